The lowest BCUT2D eigenvalue weighted by Gasteiger charge is -2.25. The number of Topliss-reactive ketones (excluding diaryl/α,β-unsaturated/α-hetero) is 1. The van der Waals surface area contributed by atoms with Crippen LogP contribution in [0.25, 0.3) is 0 Å². The fraction of sp³-hybridized carbons (Fsp3) is 0.500. The van der Waals surface area contributed by atoms with Gasteiger partial charge >= 0.3 is 0 Å². The normalized spacial score (nSPS) is 18.4. The minimum atomic E-state index is -3.73. The van der Waals surface area contributed by atoms with Crippen molar-refractivity contribution in [1.29, 1.82) is 0 Å². The maximum Gasteiger partial charge on any atom is 0.183 e. The zero-order valence-corrected chi connectivity index (χ0v) is 12.3. The van der Waals surface area contributed by atoms with E-state index in [0.29, 0.717) is 32.1 Å². The molecule has 116 valence electrons. The summed E-state index contributed by atoms with van der Waals surface area (Å²) < 4.78 is 56.4. The van der Waals surface area contributed by atoms with Crippen LogP contribution in [0.5, 0.6) is 0 Å². The fourth-order valence-corrected chi connectivity index (χ4v) is 4.20. The molecule has 4 nitrogen and oxygen atoms in total. The van der Waals surface area contributed by atoms with Gasteiger partial charge in [0, 0.05) is 19.3 Å². The van der Waals surface area contributed by atoms with Gasteiger partial charge in [0.1, 0.15) is 16.9 Å². The smallest absolute Gasteiger partial charge is 0.183 e. The Labute approximate surface area is 122 Å². The van der Waals surface area contributed by atoms with Crippen LogP contribution in [-0.4, -0.2) is 37.9 Å². The van der Waals surface area contributed by atoms with Crippen molar-refractivity contribution in [2.24, 2.45) is 0 Å². The lowest BCUT2D eigenvalue weighted by molar-refractivity contribution is 0.0955. The summed E-state index contributed by atoms with van der Waals surface area (Å²) >= 11 is 0. The summed E-state index contributed by atoms with van der Waals surface area (Å²) in [5, 5.41) is -2.02. The SMILES string of the molecule is CC(C(=O)c1ccc(F)cc1F)S(=O)(=O)C1CCOCC1. The average Bonchev–Trinajstić information content (AvgIpc) is 2.46. The zero-order valence-electron chi connectivity index (χ0n) is 11.5. The van der Waals surface area contributed by atoms with E-state index >= 15 is 0 Å². The molecule has 0 N–H and O–H groups in total. The predicted molar refractivity (Wildman–Crippen MR) is 72.9 cm³/mol. The van der Waals surface area contributed by atoms with Gasteiger partial charge in [0.2, 0.25) is 0 Å². The molecule has 1 aliphatic rings. The molecule has 1 heterocycles. The van der Waals surface area contributed by atoms with Gasteiger partial charge in [0.25, 0.3) is 0 Å². The Bertz CT molecular complexity index is 636. The first kappa shape index (κ1) is 16.0. The van der Waals surface area contributed by atoms with E-state index < -0.39 is 43.3 Å². The highest BCUT2D eigenvalue weighted by atomic mass is 32.2. The number of halogens is 2. The molecule has 1 atom stereocenters. The second-order valence-electron chi connectivity index (χ2n) is 5.03. The second-order valence-corrected chi connectivity index (χ2v) is 7.58. The summed E-state index contributed by atoms with van der Waals surface area (Å²) in [5.41, 5.74) is -0.403. The van der Waals surface area contributed by atoms with Crippen LogP contribution in [0.3, 0.4) is 0 Å². The molecule has 1 aliphatic heterocycles. The zero-order chi connectivity index (χ0) is 15.6. The lowest BCUT2D eigenvalue weighted by Crippen LogP contribution is -2.39. The number of carbonyl (C=O) groups is 1. The van der Waals surface area contributed by atoms with E-state index in [-0.39, 0.29) is 0 Å². The van der Waals surface area contributed by atoms with Crippen molar-refractivity contribution in [1.82, 2.24) is 0 Å². The van der Waals surface area contributed by atoms with Gasteiger partial charge < -0.3 is 4.74 Å². The Morgan fingerprint density at radius 3 is 2.48 bits per heavy atom. The molecule has 7 heteroatoms. The van der Waals surface area contributed by atoms with Gasteiger partial charge in [-0.25, -0.2) is 17.2 Å². The molecule has 0 saturated carbocycles. The third kappa shape index (κ3) is 3.29. The lowest BCUT2D eigenvalue weighted by atomic mass is 10.1. The van der Waals surface area contributed by atoms with Gasteiger partial charge in [-0.05, 0) is 31.9 Å². The molecule has 0 aromatic heterocycles. The molecule has 1 fully saturated rings. The molecule has 0 spiro atoms. The first-order chi connectivity index (χ1) is 9.84. The Kier molecular flexibility index (Phi) is 4.73. The van der Waals surface area contributed by atoms with E-state index in [1.165, 1.54) is 6.92 Å². The van der Waals surface area contributed by atoms with Gasteiger partial charge in [-0.2, -0.15) is 0 Å². The van der Waals surface area contributed by atoms with E-state index in [9.17, 15) is 22.0 Å². The molecular formula is C14H16F2O4S. The van der Waals surface area contributed by atoms with Gasteiger partial charge in [0.15, 0.2) is 15.6 Å². The number of carbonyl (C=O) groups excluding carboxylic acids is 1. The van der Waals surface area contributed by atoms with E-state index in [1.807, 2.05) is 0 Å². The number of benzene rings is 1. The molecule has 2 rings (SSSR count). The monoisotopic (exact) mass is 318 g/mol. The highest BCUT2D eigenvalue weighted by Gasteiger charge is 2.37. The van der Waals surface area contributed by atoms with E-state index in [0.717, 1.165) is 12.1 Å². The summed E-state index contributed by atoms with van der Waals surface area (Å²) in [6, 6.07) is 2.48. The molecule has 0 radical (unpaired) electrons. The van der Waals surface area contributed by atoms with Crippen LogP contribution >= 0.6 is 0 Å². The van der Waals surface area contributed by atoms with Gasteiger partial charge in [-0.15, -0.1) is 0 Å². The van der Waals surface area contributed by atoms with E-state index in [4.69, 9.17) is 4.74 Å². The van der Waals surface area contributed by atoms with Gasteiger partial charge in [-0.3, -0.25) is 4.79 Å². The summed E-state index contributed by atoms with van der Waals surface area (Å²) in [7, 11) is -3.73. The Hall–Kier alpha value is -1.34. The highest BCUT2D eigenvalue weighted by molar-refractivity contribution is 7.93. The number of ketones is 1. The quantitative estimate of drug-likeness (QED) is 0.798. The van der Waals surface area contributed by atoms with Crippen LogP contribution in [0.1, 0.15) is 30.1 Å². The predicted octanol–water partition coefficient (Wildman–Crippen LogP) is 2.13. The van der Waals surface area contributed by atoms with Crippen LogP contribution in [0.2, 0.25) is 0 Å². The maximum atomic E-state index is 13.6. The minimum absolute atomic E-state index is 0.325. The Balaban J connectivity index is 2.25. The Morgan fingerprint density at radius 1 is 1.29 bits per heavy atom. The standard InChI is InChI=1S/C14H16F2O4S/c1-9(21(18,19)11-4-6-20-7-5-11)14(17)12-3-2-10(15)8-13(12)16/h2-3,8-9,11H,4-7H2,1H3. The van der Waals surface area contributed by atoms with Crippen LogP contribution in [-0.2, 0) is 14.6 Å². The third-order valence-electron chi connectivity index (χ3n) is 3.69. The van der Waals surface area contributed by atoms with Crippen molar-refractivity contribution in [3.05, 3.63) is 35.4 Å². The summed E-state index contributed by atoms with van der Waals surface area (Å²) in [6.07, 6.45) is 0.651. The molecule has 0 amide bonds. The number of ether oxygens (including phenoxy) is 1. The van der Waals surface area contributed by atoms with E-state index in [1.54, 1.807) is 0 Å². The van der Waals surface area contributed by atoms with Crippen molar-refractivity contribution in [2.45, 2.75) is 30.3 Å². The Morgan fingerprint density at radius 2 is 1.90 bits per heavy atom. The maximum absolute atomic E-state index is 13.6. The summed E-state index contributed by atoms with van der Waals surface area (Å²) in [5.74, 6) is -2.71. The van der Waals surface area contributed by atoms with Gasteiger partial charge in [0.05, 0.1) is 10.8 Å². The first-order valence-electron chi connectivity index (χ1n) is 6.63. The number of hydrogen-bond donors (Lipinski definition) is 0. The molecular weight excluding hydrogens is 302 g/mol. The van der Waals surface area contributed by atoms with Crippen LogP contribution in [0, 0.1) is 11.6 Å². The van der Waals surface area contributed by atoms with Crippen molar-refractivity contribution < 1.29 is 26.7 Å². The molecule has 21 heavy (non-hydrogen) atoms. The molecule has 1 unspecified atom stereocenters. The summed E-state index contributed by atoms with van der Waals surface area (Å²) in [6.45, 7) is 1.90. The minimum Gasteiger partial charge on any atom is -0.381 e. The van der Waals surface area contributed by atoms with Crippen molar-refractivity contribution in [2.75, 3.05) is 13.2 Å². The second kappa shape index (κ2) is 6.19. The van der Waals surface area contributed by atoms with Crippen LogP contribution < -0.4 is 0 Å². The molecule has 1 saturated heterocycles. The molecule has 1 aromatic rings. The average molecular weight is 318 g/mol. The highest BCUT2D eigenvalue weighted by Crippen LogP contribution is 2.23. The van der Waals surface area contributed by atoms with E-state index in [2.05, 4.69) is 0 Å². The van der Waals surface area contributed by atoms with Crippen LogP contribution in [0.4, 0.5) is 8.78 Å². The number of sulfone groups is 1. The van der Waals surface area contributed by atoms with Crippen molar-refractivity contribution in [3.8, 4) is 0 Å². The molecule has 0 aliphatic carbocycles. The number of hydrogen-bond acceptors (Lipinski definition) is 4. The van der Waals surface area contributed by atoms with Gasteiger partial charge in [-0.1, -0.05) is 0 Å². The summed E-state index contributed by atoms with van der Waals surface area (Å²) in [4.78, 5) is 12.2. The molecule has 1 aromatic carbocycles. The van der Waals surface area contributed by atoms with Crippen molar-refractivity contribution in [3.63, 3.8) is 0 Å². The topological polar surface area (TPSA) is 60.4 Å². The molecule has 0 bridgehead atoms. The number of rotatable bonds is 4. The third-order valence-corrected chi connectivity index (χ3v) is 6.29. The van der Waals surface area contributed by atoms with Crippen molar-refractivity contribution >= 4 is 15.6 Å². The first-order valence-corrected chi connectivity index (χ1v) is 8.24. The van der Waals surface area contributed by atoms with Crippen LogP contribution in [0.15, 0.2) is 18.2 Å². The largest absolute Gasteiger partial charge is 0.381 e. The fourth-order valence-electron chi connectivity index (χ4n) is 2.35.